The number of rotatable bonds is 7. The molecule has 0 amide bonds. The van der Waals surface area contributed by atoms with E-state index in [0.29, 0.717) is 13.2 Å². The molecule has 0 spiro atoms. The van der Waals surface area contributed by atoms with Crippen molar-refractivity contribution in [1.82, 2.24) is 14.9 Å². The summed E-state index contributed by atoms with van der Waals surface area (Å²) in [6.07, 6.45) is 2.99. The molecule has 0 radical (unpaired) electrons. The minimum absolute atomic E-state index is 0.0724. The van der Waals surface area contributed by atoms with Crippen molar-refractivity contribution in [2.75, 3.05) is 39.6 Å². The highest BCUT2D eigenvalue weighted by molar-refractivity contribution is 4.77. The van der Waals surface area contributed by atoms with Crippen molar-refractivity contribution in [3.63, 3.8) is 0 Å². The van der Waals surface area contributed by atoms with Crippen molar-refractivity contribution in [3.05, 3.63) is 12.8 Å². The van der Waals surface area contributed by atoms with Crippen LogP contribution in [0.15, 0.2) is 12.8 Å². The average Bonchev–Trinajstić information content (AvgIpc) is 2.39. The molecule has 0 saturated carbocycles. The molecule has 0 aromatic heterocycles. The summed E-state index contributed by atoms with van der Waals surface area (Å²) >= 11 is 0. The Bertz CT molecular complexity index is 226. The summed E-state index contributed by atoms with van der Waals surface area (Å²) in [5, 5.41) is 13.7. The van der Waals surface area contributed by atoms with Gasteiger partial charge in [-0.25, -0.2) is 5.01 Å². The van der Waals surface area contributed by atoms with Crippen LogP contribution in [0.1, 0.15) is 20.3 Å². The van der Waals surface area contributed by atoms with Crippen LogP contribution in [-0.2, 0) is 4.74 Å². The SMILES string of the molecule is C=CN(CC)N(CCC)[C@@H]1COCCN1CO. The molecular weight excluding hydrogens is 218 g/mol. The van der Waals surface area contributed by atoms with Gasteiger partial charge >= 0.3 is 0 Å². The zero-order chi connectivity index (χ0) is 12.7. The molecule has 1 aliphatic heterocycles. The fourth-order valence-corrected chi connectivity index (χ4v) is 2.16. The minimum atomic E-state index is 0.0724. The van der Waals surface area contributed by atoms with Gasteiger partial charge in [-0.1, -0.05) is 13.5 Å². The highest BCUT2D eigenvalue weighted by atomic mass is 16.5. The van der Waals surface area contributed by atoms with Gasteiger partial charge in [0.1, 0.15) is 6.17 Å². The van der Waals surface area contributed by atoms with Gasteiger partial charge in [0.15, 0.2) is 0 Å². The van der Waals surface area contributed by atoms with Crippen molar-refractivity contribution < 1.29 is 9.84 Å². The fraction of sp³-hybridized carbons (Fsp3) is 0.833. The number of aliphatic hydroxyl groups excluding tert-OH is 1. The number of hydrogen-bond donors (Lipinski definition) is 1. The average molecular weight is 243 g/mol. The molecule has 0 bridgehead atoms. The van der Waals surface area contributed by atoms with E-state index in [1.54, 1.807) is 0 Å². The van der Waals surface area contributed by atoms with Crippen molar-refractivity contribution in [1.29, 1.82) is 0 Å². The predicted molar refractivity (Wildman–Crippen MR) is 68.0 cm³/mol. The molecule has 1 atom stereocenters. The van der Waals surface area contributed by atoms with Crippen LogP contribution >= 0.6 is 0 Å². The van der Waals surface area contributed by atoms with Gasteiger partial charge in [0.05, 0.1) is 19.9 Å². The quantitative estimate of drug-likeness (QED) is 0.666. The van der Waals surface area contributed by atoms with Gasteiger partial charge in [-0.05, 0) is 13.3 Å². The van der Waals surface area contributed by atoms with Crippen molar-refractivity contribution in [2.45, 2.75) is 26.4 Å². The van der Waals surface area contributed by atoms with Crippen molar-refractivity contribution in [3.8, 4) is 0 Å². The molecule has 0 aromatic carbocycles. The molecular formula is C12H25N3O2. The number of hydrogen-bond acceptors (Lipinski definition) is 5. The Hall–Kier alpha value is -0.620. The molecule has 1 N–H and O–H groups in total. The first kappa shape index (κ1) is 14.4. The van der Waals surface area contributed by atoms with Gasteiger partial charge < -0.3 is 14.9 Å². The molecule has 0 aromatic rings. The first-order valence-electron chi connectivity index (χ1n) is 6.36. The van der Waals surface area contributed by atoms with E-state index < -0.39 is 0 Å². The summed E-state index contributed by atoms with van der Waals surface area (Å²) in [5.41, 5.74) is 0. The lowest BCUT2D eigenvalue weighted by Gasteiger charge is -2.45. The molecule has 0 aliphatic carbocycles. The topological polar surface area (TPSA) is 39.2 Å². The zero-order valence-corrected chi connectivity index (χ0v) is 11.0. The maximum atomic E-state index is 9.41. The third kappa shape index (κ3) is 3.67. The van der Waals surface area contributed by atoms with Crippen LogP contribution in [0.3, 0.4) is 0 Å². The number of morpholine rings is 1. The van der Waals surface area contributed by atoms with E-state index >= 15 is 0 Å². The number of nitrogens with zero attached hydrogens (tertiary/aromatic N) is 3. The van der Waals surface area contributed by atoms with Gasteiger partial charge in [-0.3, -0.25) is 4.90 Å². The highest BCUT2D eigenvalue weighted by Gasteiger charge is 2.29. The number of ether oxygens (including phenoxy) is 1. The van der Waals surface area contributed by atoms with Crippen LogP contribution in [-0.4, -0.2) is 65.8 Å². The maximum absolute atomic E-state index is 9.41. The van der Waals surface area contributed by atoms with Gasteiger partial charge in [-0.2, -0.15) is 0 Å². The molecule has 1 heterocycles. The van der Waals surface area contributed by atoms with Crippen molar-refractivity contribution >= 4 is 0 Å². The summed E-state index contributed by atoms with van der Waals surface area (Å²) in [5.74, 6) is 0. The predicted octanol–water partition coefficient (Wildman–Crippen LogP) is 0.687. The molecule has 1 rings (SSSR count). The summed E-state index contributed by atoms with van der Waals surface area (Å²) < 4.78 is 5.53. The Labute approximate surface area is 104 Å². The molecule has 1 fully saturated rings. The largest absolute Gasteiger partial charge is 0.381 e. The van der Waals surface area contributed by atoms with E-state index in [4.69, 9.17) is 4.74 Å². The Morgan fingerprint density at radius 2 is 2.29 bits per heavy atom. The molecule has 17 heavy (non-hydrogen) atoms. The lowest BCUT2D eigenvalue weighted by molar-refractivity contribution is -0.160. The van der Waals surface area contributed by atoms with Gasteiger partial charge in [0.25, 0.3) is 0 Å². The van der Waals surface area contributed by atoms with Gasteiger partial charge in [0, 0.05) is 25.8 Å². The lowest BCUT2D eigenvalue weighted by atomic mass is 10.3. The van der Waals surface area contributed by atoms with E-state index in [-0.39, 0.29) is 12.9 Å². The summed E-state index contributed by atoms with van der Waals surface area (Å²) in [6.45, 7) is 12.1. The van der Waals surface area contributed by atoms with Crippen LogP contribution in [0, 0.1) is 0 Å². The first-order chi connectivity index (χ1) is 8.28. The normalized spacial score (nSPS) is 21.8. The molecule has 100 valence electrons. The van der Waals surface area contributed by atoms with E-state index in [0.717, 1.165) is 26.1 Å². The first-order valence-corrected chi connectivity index (χ1v) is 6.36. The van der Waals surface area contributed by atoms with E-state index in [1.165, 1.54) is 0 Å². The second-order valence-corrected chi connectivity index (χ2v) is 4.11. The standard InChI is InChI=1S/C12H25N3O2/c1-4-7-15(14(5-2)6-3)12-10-17-9-8-13(12)11-16/h5,12,16H,2,4,6-11H2,1,3H3/t12-/m1/s1. The zero-order valence-electron chi connectivity index (χ0n) is 11.0. The summed E-state index contributed by atoms with van der Waals surface area (Å²) in [6, 6.07) is 0. The smallest absolute Gasteiger partial charge is 0.106 e. The summed E-state index contributed by atoms with van der Waals surface area (Å²) in [7, 11) is 0. The Morgan fingerprint density at radius 3 is 2.82 bits per heavy atom. The van der Waals surface area contributed by atoms with E-state index in [2.05, 4.69) is 30.4 Å². The molecule has 1 saturated heterocycles. The third-order valence-electron chi connectivity index (χ3n) is 3.05. The monoisotopic (exact) mass is 243 g/mol. The molecule has 1 aliphatic rings. The Kier molecular flexibility index (Phi) is 6.50. The second kappa shape index (κ2) is 7.66. The maximum Gasteiger partial charge on any atom is 0.106 e. The summed E-state index contributed by atoms with van der Waals surface area (Å²) in [4.78, 5) is 2.03. The van der Waals surface area contributed by atoms with Crippen molar-refractivity contribution in [2.24, 2.45) is 0 Å². The second-order valence-electron chi connectivity index (χ2n) is 4.11. The third-order valence-corrected chi connectivity index (χ3v) is 3.05. The number of aliphatic hydroxyl groups is 1. The van der Waals surface area contributed by atoms with Crippen LogP contribution in [0.2, 0.25) is 0 Å². The molecule has 5 nitrogen and oxygen atoms in total. The van der Waals surface area contributed by atoms with Gasteiger partial charge in [0.2, 0.25) is 0 Å². The number of hydrazine groups is 1. The fourth-order valence-electron chi connectivity index (χ4n) is 2.16. The van der Waals surface area contributed by atoms with Crippen LogP contribution < -0.4 is 0 Å². The minimum Gasteiger partial charge on any atom is -0.381 e. The Morgan fingerprint density at radius 1 is 1.53 bits per heavy atom. The van der Waals surface area contributed by atoms with Crippen LogP contribution in [0.5, 0.6) is 0 Å². The molecule has 0 unspecified atom stereocenters. The van der Waals surface area contributed by atoms with Crippen LogP contribution in [0.4, 0.5) is 0 Å². The Balaban J connectivity index is 2.75. The van der Waals surface area contributed by atoms with E-state index in [1.807, 2.05) is 11.1 Å². The van der Waals surface area contributed by atoms with Gasteiger partial charge in [-0.15, -0.1) is 0 Å². The highest BCUT2D eigenvalue weighted by Crippen LogP contribution is 2.14. The lowest BCUT2D eigenvalue weighted by Crippen LogP contribution is -2.59. The van der Waals surface area contributed by atoms with E-state index in [9.17, 15) is 5.11 Å². The van der Waals surface area contributed by atoms with Crippen LogP contribution in [0.25, 0.3) is 0 Å². The molecule has 5 heteroatoms.